The number of sulfonamides is 1. The second kappa shape index (κ2) is 13.8. The lowest BCUT2D eigenvalue weighted by Crippen LogP contribution is -2.53. The van der Waals surface area contributed by atoms with Crippen LogP contribution in [0.2, 0.25) is 0 Å². The first kappa shape index (κ1) is 30.4. The van der Waals surface area contributed by atoms with Gasteiger partial charge < -0.3 is 10.2 Å². The Bertz CT molecular complexity index is 1380. The molecule has 9 heteroatoms. The van der Waals surface area contributed by atoms with E-state index in [1.54, 1.807) is 42.5 Å². The summed E-state index contributed by atoms with van der Waals surface area (Å²) in [5.74, 6) is -0.727. The molecule has 0 heterocycles. The number of halogens is 1. The van der Waals surface area contributed by atoms with Crippen molar-refractivity contribution in [2.24, 2.45) is 0 Å². The van der Waals surface area contributed by atoms with Gasteiger partial charge in [0.15, 0.2) is 0 Å². The molecule has 0 unspecified atom stereocenters. The van der Waals surface area contributed by atoms with Crippen LogP contribution in [0.3, 0.4) is 0 Å². The van der Waals surface area contributed by atoms with Crippen LogP contribution in [0.5, 0.6) is 0 Å². The molecule has 0 aliphatic carbocycles. The van der Waals surface area contributed by atoms with Crippen LogP contribution in [-0.2, 0) is 26.2 Å². The number of nitrogens with zero attached hydrogens (tertiary/aromatic N) is 2. The zero-order chi connectivity index (χ0) is 28.6. The third kappa shape index (κ3) is 7.92. The number of hydrogen-bond acceptors (Lipinski definition) is 4. The molecule has 7 nitrogen and oxygen atoms in total. The van der Waals surface area contributed by atoms with Crippen molar-refractivity contribution in [3.63, 3.8) is 0 Å². The van der Waals surface area contributed by atoms with Crippen molar-refractivity contribution < 1.29 is 18.0 Å². The molecule has 0 aliphatic rings. The summed E-state index contributed by atoms with van der Waals surface area (Å²) in [4.78, 5) is 29.0. The van der Waals surface area contributed by atoms with Crippen molar-refractivity contribution in [1.29, 1.82) is 0 Å². The van der Waals surface area contributed by atoms with Crippen molar-refractivity contribution in [3.05, 3.63) is 94.5 Å². The molecular formula is C30H36BrN3O4S. The molecule has 2 amide bonds. The first-order chi connectivity index (χ1) is 18.6. The molecule has 39 heavy (non-hydrogen) atoms. The van der Waals surface area contributed by atoms with Crippen molar-refractivity contribution in [1.82, 2.24) is 10.2 Å². The van der Waals surface area contributed by atoms with Crippen molar-refractivity contribution in [2.45, 2.75) is 64.1 Å². The molecule has 0 radical (unpaired) electrons. The Kier molecular flexibility index (Phi) is 10.7. The zero-order valence-corrected chi connectivity index (χ0v) is 25.2. The van der Waals surface area contributed by atoms with Gasteiger partial charge in [-0.25, -0.2) is 8.42 Å². The molecule has 1 N–H and O–H groups in total. The second-order valence-corrected chi connectivity index (χ2v) is 12.3. The largest absolute Gasteiger partial charge is 0.352 e. The number of amides is 2. The van der Waals surface area contributed by atoms with Crippen LogP contribution in [0.15, 0.2) is 88.2 Å². The highest BCUT2D eigenvalue weighted by Gasteiger charge is 2.34. The van der Waals surface area contributed by atoms with Crippen LogP contribution in [0.4, 0.5) is 5.69 Å². The van der Waals surface area contributed by atoms with Gasteiger partial charge in [0.05, 0.1) is 10.6 Å². The van der Waals surface area contributed by atoms with Crippen molar-refractivity contribution >= 4 is 43.5 Å². The third-order valence-electron chi connectivity index (χ3n) is 6.53. The monoisotopic (exact) mass is 613 g/mol. The summed E-state index contributed by atoms with van der Waals surface area (Å²) in [6.45, 7) is 7.41. The Morgan fingerprint density at radius 3 is 2.23 bits per heavy atom. The van der Waals surface area contributed by atoms with Gasteiger partial charge in [-0.2, -0.15) is 0 Å². The maximum Gasteiger partial charge on any atom is 0.264 e. The normalized spacial score (nSPS) is 12.8. The molecule has 0 saturated heterocycles. The fourth-order valence-electron chi connectivity index (χ4n) is 4.25. The van der Waals surface area contributed by atoms with Crippen LogP contribution in [0, 0.1) is 6.92 Å². The predicted octanol–water partition coefficient (Wildman–Crippen LogP) is 5.67. The van der Waals surface area contributed by atoms with E-state index in [4.69, 9.17) is 0 Å². The average Bonchev–Trinajstić information content (AvgIpc) is 2.91. The van der Waals surface area contributed by atoms with Gasteiger partial charge in [-0.15, -0.1) is 0 Å². The maximum absolute atomic E-state index is 14.1. The van der Waals surface area contributed by atoms with E-state index in [-0.39, 0.29) is 23.4 Å². The summed E-state index contributed by atoms with van der Waals surface area (Å²) >= 11 is 3.41. The number of anilines is 1. The minimum absolute atomic E-state index is 0.0564. The van der Waals surface area contributed by atoms with Crippen LogP contribution in [0.1, 0.15) is 44.7 Å². The average molecular weight is 615 g/mol. The quantitative estimate of drug-likeness (QED) is 0.285. The van der Waals surface area contributed by atoms with E-state index in [1.165, 1.54) is 17.0 Å². The number of aryl methyl sites for hydroxylation is 1. The Morgan fingerprint density at radius 2 is 1.62 bits per heavy atom. The van der Waals surface area contributed by atoms with Crippen LogP contribution in [0.25, 0.3) is 0 Å². The maximum atomic E-state index is 14.1. The second-order valence-electron chi connectivity index (χ2n) is 9.56. The highest BCUT2D eigenvalue weighted by Crippen LogP contribution is 2.27. The van der Waals surface area contributed by atoms with Crippen LogP contribution in [-0.4, -0.2) is 43.8 Å². The number of benzene rings is 3. The zero-order valence-electron chi connectivity index (χ0n) is 22.8. The molecule has 3 aromatic carbocycles. The standard InChI is InChI=1S/C30H36BrN3O4S/c1-5-23(4)32-30(36)28(6-2)33(20-24-13-10-12-22(3)18-24)29(35)21-34(26-15-11-14-25(31)19-26)39(37,38)27-16-8-7-9-17-27/h7-19,23,28H,5-6,20-21H2,1-4H3,(H,32,36)/t23-,28+/m0/s1. The summed E-state index contributed by atoms with van der Waals surface area (Å²) < 4.78 is 29.4. The smallest absolute Gasteiger partial charge is 0.264 e. The van der Waals surface area contributed by atoms with Crippen LogP contribution < -0.4 is 9.62 Å². The van der Waals surface area contributed by atoms with Crippen molar-refractivity contribution in [2.75, 3.05) is 10.8 Å². The lowest BCUT2D eigenvalue weighted by molar-refractivity contribution is -0.140. The summed E-state index contributed by atoms with van der Waals surface area (Å²) in [5.41, 5.74) is 2.23. The molecule has 0 saturated carbocycles. The summed E-state index contributed by atoms with van der Waals surface area (Å²) in [6.07, 6.45) is 1.13. The van der Waals surface area contributed by atoms with E-state index < -0.39 is 28.5 Å². The van der Waals surface area contributed by atoms with E-state index in [0.717, 1.165) is 21.9 Å². The SMILES string of the molecule is CC[C@H](C(=O)N[C@@H](C)CC)N(Cc1cccc(C)c1)C(=O)CN(c1cccc(Br)c1)S(=O)(=O)c1ccccc1. The number of rotatable bonds is 12. The molecule has 3 rings (SSSR count). The van der Waals surface area contributed by atoms with Crippen LogP contribution >= 0.6 is 15.9 Å². The Morgan fingerprint density at radius 1 is 0.923 bits per heavy atom. The highest BCUT2D eigenvalue weighted by molar-refractivity contribution is 9.10. The number of nitrogens with one attached hydrogen (secondary N) is 1. The lowest BCUT2D eigenvalue weighted by Gasteiger charge is -2.33. The van der Waals surface area contributed by atoms with E-state index in [9.17, 15) is 18.0 Å². The summed E-state index contributed by atoms with van der Waals surface area (Å²) in [6, 6.07) is 21.8. The topological polar surface area (TPSA) is 86.8 Å². The number of carbonyl (C=O) groups excluding carboxylic acids is 2. The van der Waals surface area contributed by atoms with E-state index in [0.29, 0.717) is 16.6 Å². The first-order valence-corrected chi connectivity index (χ1v) is 15.3. The Labute approximate surface area is 240 Å². The fraction of sp³-hybridized carbons (Fsp3) is 0.333. The van der Waals surface area contributed by atoms with E-state index >= 15 is 0 Å². The predicted molar refractivity (Wildman–Crippen MR) is 159 cm³/mol. The fourth-order valence-corrected chi connectivity index (χ4v) is 6.06. The number of hydrogen-bond donors (Lipinski definition) is 1. The number of carbonyl (C=O) groups is 2. The highest BCUT2D eigenvalue weighted by atomic mass is 79.9. The molecule has 208 valence electrons. The van der Waals surface area contributed by atoms with Gasteiger partial charge in [-0.05, 0) is 62.6 Å². The third-order valence-corrected chi connectivity index (χ3v) is 8.81. The molecule has 2 atom stereocenters. The molecule has 0 fully saturated rings. The van der Waals surface area contributed by atoms with Gasteiger partial charge in [-0.1, -0.05) is 83.9 Å². The van der Waals surface area contributed by atoms with E-state index in [2.05, 4.69) is 21.2 Å². The van der Waals surface area contributed by atoms with Gasteiger partial charge in [-0.3, -0.25) is 13.9 Å². The van der Waals surface area contributed by atoms with Gasteiger partial charge >= 0.3 is 0 Å². The first-order valence-electron chi connectivity index (χ1n) is 13.1. The molecular weight excluding hydrogens is 578 g/mol. The molecule has 0 aromatic heterocycles. The molecule has 0 aliphatic heterocycles. The molecule has 0 bridgehead atoms. The molecule has 3 aromatic rings. The van der Waals surface area contributed by atoms with E-state index in [1.807, 2.05) is 52.0 Å². The Balaban J connectivity index is 2.05. The minimum atomic E-state index is -4.09. The lowest BCUT2D eigenvalue weighted by atomic mass is 10.1. The summed E-state index contributed by atoms with van der Waals surface area (Å²) in [7, 11) is -4.09. The van der Waals surface area contributed by atoms with Gasteiger partial charge in [0.25, 0.3) is 10.0 Å². The van der Waals surface area contributed by atoms with Crippen molar-refractivity contribution in [3.8, 4) is 0 Å². The Hall–Kier alpha value is -3.17. The minimum Gasteiger partial charge on any atom is -0.352 e. The molecule has 0 spiro atoms. The van der Waals surface area contributed by atoms with Gasteiger partial charge in [0.1, 0.15) is 12.6 Å². The van der Waals surface area contributed by atoms with Gasteiger partial charge in [0, 0.05) is 17.1 Å². The summed E-state index contributed by atoms with van der Waals surface area (Å²) in [5, 5.41) is 2.99. The van der Waals surface area contributed by atoms with Gasteiger partial charge in [0.2, 0.25) is 11.8 Å².